The van der Waals surface area contributed by atoms with Gasteiger partial charge in [-0.25, -0.2) is 0 Å². The fourth-order valence-electron chi connectivity index (χ4n) is 2.24. The Balaban J connectivity index is 1.84. The van der Waals surface area contributed by atoms with Crippen LogP contribution in [0, 0.1) is 0 Å². The number of rotatable bonds is 6. The third-order valence-electron chi connectivity index (χ3n) is 3.57. The lowest BCUT2D eigenvalue weighted by atomic mass is 10.1. The van der Waals surface area contributed by atoms with Crippen molar-refractivity contribution in [3.05, 3.63) is 70.7 Å². The minimum Gasteiger partial charge on any atom is -0.351 e. The van der Waals surface area contributed by atoms with E-state index in [0.717, 1.165) is 11.1 Å². The standard InChI is InChI=1S/C18H21ClN2O/c1-13(16-8-10-17(19)11-9-16)21-14(2)18(22)20-12-15-6-4-3-5-7-15/h3-11,13-14,21H,12H2,1-2H3,(H,20,22)/t13-,14+/m1/s1. The molecular formula is C18H21ClN2O. The van der Waals surface area contributed by atoms with Crippen LogP contribution in [0.4, 0.5) is 0 Å². The van der Waals surface area contributed by atoms with Crippen LogP contribution in [0.15, 0.2) is 54.6 Å². The zero-order chi connectivity index (χ0) is 15.9. The largest absolute Gasteiger partial charge is 0.351 e. The summed E-state index contributed by atoms with van der Waals surface area (Å²) in [5, 5.41) is 6.95. The number of nitrogens with one attached hydrogen (secondary N) is 2. The Bertz CT molecular complexity index is 598. The third kappa shape index (κ3) is 4.86. The topological polar surface area (TPSA) is 41.1 Å². The smallest absolute Gasteiger partial charge is 0.237 e. The molecule has 2 atom stereocenters. The summed E-state index contributed by atoms with van der Waals surface area (Å²) in [6.07, 6.45) is 0. The highest BCUT2D eigenvalue weighted by Gasteiger charge is 2.15. The Morgan fingerprint density at radius 2 is 1.68 bits per heavy atom. The fraction of sp³-hybridized carbons (Fsp3) is 0.278. The van der Waals surface area contributed by atoms with Gasteiger partial charge in [-0.1, -0.05) is 54.1 Å². The molecule has 0 aliphatic rings. The first-order valence-corrected chi connectivity index (χ1v) is 7.77. The first-order valence-electron chi connectivity index (χ1n) is 7.39. The predicted molar refractivity (Wildman–Crippen MR) is 90.8 cm³/mol. The van der Waals surface area contributed by atoms with Crippen LogP contribution < -0.4 is 10.6 Å². The van der Waals surface area contributed by atoms with Gasteiger partial charge in [0.2, 0.25) is 5.91 Å². The maximum atomic E-state index is 12.1. The highest BCUT2D eigenvalue weighted by atomic mass is 35.5. The van der Waals surface area contributed by atoms with Crippen LogP contribution >= 0.6 is 11.6 Å². The van der Waals surface area contributed by atoms with E-state index in [9.17, 15) is 4.79 Å². The van der Waals surface area contributed by atoms with E-state index >= 15 is 0 Å². The molecule has 0 radical (unpaired) electrons. The molecular weight excluding hydrogens is 296 g/mol. The highest BCUT2D eigenvalue weighted by molar-refractivity contribution is 6.30. The van der Waals surface area contributed by atoms with Gasteiger partial charge in [-0.2, -0.15) is 0 Å². The molecule has 0 aliphatic heterocycles. The van der Waals surface area contributed by atoms with E-state index < -0.39 is 0 Å². The maximum absolute atomic E-state index is 12.1. The first-order chi connectivity index (χ1) is 10.6. The molecule has 0 heterocycles. The van der Waals surface area contributed by atoms with Crippen molar-refractivity contribution in [3.8, 4) is 0 Å². The Hall–Kier alpha value is -1.84. The molecule has 0 spiro atoms. The second kappa shape index (κ2) is 7.97. The van der Waals surface area contributed by atoms with Crippen molar-refractivity contribution in [2.45, 2.75) is 32.5 Å². The van der Waals surface area contributed by atoms with Crippen LogP contribution in [0.1, 0.15) is 31.0 Å². The average Bonchev–Trinajstić information content (AvgIpc) is 2.54. The minimum atomic E-state index is -0.269. The summed E-state index contributed by atoms with van der Waals surface area (Å²) < 4.78 is 0. The molecule has 2 rings (SSSR count). The van der Waals surface area contributed by atoms with E-state index in [-0.39, 0.29) is 18.0 Å². The number of hydrogen-bond donors (Lipinski definition) is 2. The van der Waals surface area contributed by atoms with Gasteiger partial charge < -0.3 is 5.32 Å². The Kier molecular flexibility index (Phi) is 5.99. The van der Waals surface area contributed by atoms with Crippen LogP contribution in [0.3, 0.4) is 0 Å². The molecule has 0 saturated carbocycles. The van der Waals surface area contributed by atoms with Gasteiger partial charge in [-0.3, -0.25) is 10.1 Å². The van der Waals surface area contributed by atoms with E-state index in [0.29, 0.717) is 11.6 Å². The van der Waals surface area contributed by atoms with Crippen molar-refractivity contribution in [1.82, 2.24) is 10.6 Å². The van der Waals surface area contributed by atoms with Gasteiger partial charge in [-0.05, 0) is 37.1 Å². The van der Waals surface area contributed by atoms with Crippen LogP contribution in [0.5, 0.6) is 0 Å². The lowest BCUT2D eigenvalue weighted by Crippen LogP contribution is -2.42. The number of carbonyl (C=O) groups is 1. The van der Waals surface area contributed by atoms with Crippen LogP contribution in [0.2, 0.25) is 5.02 Å². The zero-order valence-electron chi connectivity index (χ0n) is 12.8. The molecule has 0 aromatic heterocycles. The second-order valence-electron chi connectivity index (χ2n) is 5.36. The number of benzene rings is 2. The van der Waals surface area contributed by atoms with Gasteiger partial charge in [0.1, 0.15) is 0 Å². The lowest BCUT2D eigenvalue weighted by molar-refractivity contribution is -0.123. The first kappa shape index (κ1) is 16.5. The van der Waals surface area contributed by atoms with E-state index in [1.54, 1.807) is 0 Å². The molecule has 3 nitrogen and oxygen atoms in total. The summed E-state index contributed by atoms with van der Waals surface area (Å²) in [4.78, 5) is 12.1. The van der Waals surface area contributed by atoms with Gasteiger partial charge in [0.15, 0.2) is 0 Å². The van der Waals surface area contributed by atoms with Gasteiger partial charge in [0.25, 0.3) is 0 Å². The summed E-state index contributed by atoms with van der Waals surface area (Å²) in [5.74, 6) is -0.00957. The van der Waals surface area contributed by atoms with Gasteiger partial charge in [0, 0.05) is 17.6 Å². The number of hydrogen-bond acceptors (Lipinski definition) is 2. The molecule has 0 bridgehead atoms. The normalized spacial score (nSPS) is 13.4. The Morgan fingerprint density at radius 1 is 1.05 bits per heavy atom. The molecule has 0 saturated heterocycles. The van der Waals surface area contributed by atoms with Crippen molar-refractivity contribution in [2.24, 2.45) is 0 Å². The predicted octanol–water partition coefficient (Wildman–Crippen LogP) is 3.70. The van der Waals surface area contributed by atoms with Crippen LogP contribution in [0.25, 0.3) is 0 Å². The zero-order valence-corrected chi connectivity index (χ0v) is 13.6. The van der Waals surface area contributed by atoms with E-state index in [1.807, 2.05) is 68.4 Å². The quantitative estimate of drug-likeness (QED) is 0.853. The second-order valence-corrected chi connectivity index (χ2v) is 5.80. The maximum Gasteiger partial charge on any atom is 0.237 e. The fourth-order valence-corrected chi connectivity index (χ4v) is 2.36. The molecule has 2 aromatic rings. The third-order valence-corrected chi connectivity index (χ3v) is 3.82. The number of halogens is 1. The SMILES string of the molecule is C[C@H](N[C@H](C)c1ccc(Cl)cc1)C(=O)NCc1ccccc1. The van der Waals surface area contributed by atoms with Crippen molar-refractivity contribution in [2.75, 3.05) is 0 Å². The van der Waals surface area contributed by atoms with E-state index in [1.165, 1.54) is 0 Å². The molecule has 1 amide bonds. The summed E-state index contributed by atoms with van der Waals surface area (Å²) in [7, 11) is 0. The van der Waals surface area contributed by atoms with Crippen LogP contribution in [-0.4, -0.2) is 11.9 Å². The van der Waals surface area contributed by atoms with Crippen molar-refractivity contribution in [3.63, 3.8) is 0 Å². The van der Waals surface area contributed by atoms with Gasteiger partial charge >= 0.3 is 0 Å². The highest BCUT2D eigenvalue weighted by Crippen LogP contribution is 2.16. The molecule has 2 aromatic carbocycles. The molecule has 22 heavy (non-hydrogen) atoms. The lowest BCUT2D eigenvalue weighted by Gasteiger charge is -2.20. The van der Waals surface area contributed by atoms with Crippen molar-refractivity contribution < 1.29 is 4.79 Å². The van der Waals surface area contributed by atoms with E-state index in [2.05, 4.69) is 10.6 Å². The summed E-state index contributed by atoms with van der Waals surface area (Å²) in [5.41, 5.74) is 2.20. The summed E-state index contributed by atoms with van der Waals surface area (Å²) >= 11 is 5.89. The number of amides is 1. The Labute approximate surface area is 136 Å². The Morgan fingerprint density at radius 3 is 2.32 bits per heavy atom. The summed E-state index contributed by atoms with van der Waals surface area (Å²) in [6, 6.07) is 17.3. The molecule has 4 heteroatoms. The minimum absolute atomic E-state index is 0.00957. The van der Waals surface area contributed by atoms with Crippen molar-refractivity contribution >= 4 is 17.5 Å². The van der Waals surface area contributed by atoms with Gasteiger partial charge in [0.05, 0.1) is 6.04 Å². The molecule has 0 fully saturated rings. The van der Waals surface area contributed by atoms with Crippen LogP contribution in [-0.2, 0) is 11.3 Å². The molecule has 116 valence electrons. The van der Waals surface area contributed by atoms with Crippen molar-refractivity contribution in [1.29, 1.82) is 0 Å². The monoisotopic (exact) mass is 316 g/mol. The molecule has 0 unspecified atom stereocenters. The average molecular weight is 317 g/mol. The van der Waals surface area contributed by atoms with Gasteiger partial charge in [-0.15, -0.1) is 0 Å². The number of carbonyl (C=O) groups excluding carboxylic acids is 1. The summed E-state index contributed by atoms with van der Waals surface area (Å²) in [6.45, 7) is 4.44. The molecule has 2 N–H and O–H groups in total. The molecule has 0 aliphatic carbocycles. The van der Waals surface area contributed by atoms with E-state index in [4.69, 9.17) is 11.6 Å².